The van der Waals surface area contributed by atoms with E-state index in [1.54, 1.807) is 19.2 Å². The second-order valence-corrected chi connectivity index (χ2v) is 3.21. The molecule has 0 spiro atoms. The fraction of sp³-hybridized carbons (Fsp3) is 0.182. The Kier molecular flexibility index (Phi) is 4.22. The van der Waals surface area contributed by atoms with E-state index in [1.165, 1.54) is 0 Å². The van der Waals surface area contributed by atoms with Gasteiger partial charge in [-0.15, -0.1) is 12.6 Å². The number of hydrogen-bond donors (Lipinski definition) is 2. The van der Waals surface area contributed by atoms with E-state index in [-0.39, 0.29) is 6.54 Å². The van der Waals surface area contributed by atoms with E-state index in [1.807, 2.05) is 0 Å². The Bertz CT molecular complexity index is 432. The summed E-state index contributed by atoms with van der Waals surface area (Å²) < 4.78 is 5.05. The Morgan fingerprint density at radius 1 is 1.60 bits per heavy atom. The lowest BCUT2D eigenvalue weighted by Gasteiger charge is -2.05. The Balaban J connectivity index is 3.31. The highest BCUT2D eigenvalue weighted by molar-refractivity contribution is 7.80. The zero-order valence-corrected chi connectivity index (χ0v) is 9.17. The maximum atomic E-state index is 10.8. The number of carbonyl (C=O) groups is 1. The monoisotopic (exact) mass is 221 g/mol. The van der Waals surface area contributed by atoms with Crippen LogP contribution < -0.4 is 10.5 Å². The highest BCUT2D eigenvalue weighted by atomic mass is 32.1. The molecule has 0 fully saturated rings. The third-order valence-corrected chi connectivity index (χ3v) is 2.18. The lowest BCUT2D eigenvalue weighted by atomic mass is 10.1. The molecular formula is C11H11NO2S. The van der Waals surface area contributed by atoms with Crippen molar-refractivity contribution in [3.63, 3.8) is 0 Å². The number of thiol groups is 1. The molecule has 0 aliphatic carbocycles. The quantitative estimate of drug-likeness (QED) is 0.447. The van der Waals surface area contributed by atoms with Crippen molar-refractivity contribution in [2.75, 3.05) is 13.7 Å². The largest absolute Gasteiger partial charge is 0.497 e. The number of hydrogen-bond acceptors (Lipinski definition) is 4. The van der Waals surface area contributed by atoms with Crippen molar-refractivity contribution >= 4 is 18.9 Å². The summed E-state index contributed by atoms with van der Waals surface area (Å²) in [6, 6.07) is 3.35. The molecule has 0 atom stereocenters. The molecule has 15 heavy (non-hydrogen) atoms. The number of methoxy groups -OCH3 is 1. The number of rotatable bonds is 2. The van der Waals surface area contributed by atoms with Gasteiger partial charge in [0, 0.05) is 16.0 Å². The number of carbonyl (C=O) groups excluding carboxylic acids is 1. The summed E-state index contributed by atoms with van der Waals surface area (Å²) in [4.78, 5) is 11.4. The molecule has 0 aromatic heterocycles. The van der Waals surface area contributed by atoms with Gasteiger partial charge in [0.2, 0.25) is 0 Å². The highest BCUT2D eigenvalue weighted by Gasteiger charge is 2.06. The number of aldehydes is 1. The average Bonchev–Trinajstić information content (AvgIpc) is 2.25. The molecule has 1 aromatic rings. The van der Waals surface area contributed by atoms with Crippen molar-refractivity contribution in [3.05, 3.63) is 23.3 Å². The molecule has 4 heteroatoms. The van der Waals surface area contributed by atoms with Crippen LogP contribution in [-0.2, 0) is 0 Å². The highest BCUT2D eigenvalue weighted by Crippen LogP contribution is 2.23. The number of nitrogens with two attached hydrogens (primary N) is 1. The van der Waals surface area contributed by atoms with Gasteiger partial charge in [-0.3, -0.25) is 4.79 Å². The van der Waals surface area contributed by atoms with E-state index in [9.17, 15) is 4.79 Å². The van der Waals surface area contributed by atoms with Gasteiger partial charge in [0.05, 0.1) is 13.7 Å². The Morgan fingerprint density at radius 2 is 2.33 bits per heavy atom. The molecule has 0 saturated heterocycles. The second kappa shape index (κ2) is 5.44. The molecule has 1 rings (SSSR count). The topological polar surface area (TPSA) is 52.3 Å². The fourth-order valence-corrected chi connectivity index (χ4v) is 1.40. The Labute approximate surface area is 94.0 Å². The summed E-state index contributed by atoms with van der Waals surface area (Å²) in [6.07, 6.45) is 0.725. The summed E-state index contributed by atoms with van der Waals surface area (Å²) >= 11 is 4.18. The molecule has 0 bridgehead atoms. The van der Waals surface area contributed by atoms with E-state index in [4.69, 9.17) is 10.5 Å². The molecule has 0 amide bonds. The summed E-state index contributed by atoms with van der Waals surface area (Å²) in [5.41, 5.74) is 6.31. The van der Waals surface area contributed by atoms with Crippen LogP contribution in [-0.4, -0.2) is 19.9 Å². The Morgan fingerprint density at radius 3 is 2.87 bits per heavy atom. The van der Waals surface area contributed by atoms with Crippen LogP contribution in [0.25, 0.3) is 0 Å². The summed E-state index contributed by atoms with van der Waals surface area (Å²) in [5, 5.41) is 0. The average molecular weight is 221 g/mol. The molecule has 0 radical (unpaired) electrons. The van der Waals surface area contributed by atoms with Crippen molar-refractivity contribution in [1.82, 2.24) is 0 Å². The smallest absolute Gasteiger partial charge is 0.152 e. The van der Waals surface area contributed by atoms with Crippen molar-refractivity contribution in [1.29, 1.82) is 0 Å². The molecule has 2 N–H and O–H groups in total. The van der Waals surface area contributed by atoms with Crippen molar-refractivity contribution in [3.8, 4) is 17.6 Å². The molecule has 0 saturated carbocycles. The minimum atomic E-state index is 0.247. The first kappa shape index (κ1) is 11.6. The minimum absolute atomic E-state index is 0.247. The van der Waals surface area contributed by atoms with Crippen LogP contribution in [0.15, 0.2) is 17.0 Å². The van der Waals surface area contributed by atoms with Gasteiger partial charge in [-0.1, -0.05) is 11.8 Å². The molecule has 0 aliphatic heterocycles. The standard InChI is InChI=1S/C11H11NO2S/c1-14-9-5-8(3-2-4-12)10(7-13)11(15)6-9/h5-7,15H,4,12H2,1H3. The lowest BCUT2D eigenvalue weighted by Crippen LogP contribution is -1.96. The van der Waals surface area contributed by atoms with Crippen LogP contribution >= 0.6 is 12.6 Å². The van der Waals surface area contributed by atoms with Crippen LogP contribution in [0.1, 0.15) is 15.9 Å². The van der Waals surface area contributed by atoms with Crippen molar-refractivity contribution in [2.24, 2.45) is 5.73 Å². The maximum absolute atomic E-state index is 10.8. The maximum Gasteiger partial charge on any atom is 0.152 e. The molecular weight excluding hydrogens is 210 g/mol. The van der Waals surface area contributed by atoms with Crippen molar-refractivity contribution in [2.45, 2.75) is 4.90 Å². The molecule has 1 aromatic carbocycles. The van der Waals surface area contributed by atoms with Gasteiger partial charge in [-0.2, -0.15) is 0 Å². The third kappa shape index (κ3) is 2.75. The first-order valence-corrected chi connectivity index (χ1v) is 4.72. The first-order chi connectivity index (χ1) is 7.22. The molecule has 78 valence electrons. The SMILES string of the molecule is COc1cc(S)c(C=O)c(C#CCN)c1. The van der Waals surface area contributed by atoms with Crippen LogP contribution in [0.3, 0.4) is 0 Å². The minimum Gasteiger partial charge on any atom is -0.497 e. The van der Waals surface area contributed by atoms with Gasteiger partial charge in [0.1, 0.15) is 5.75 Å². The summed E-state index contributed by atoms with van der Waals surface area (Å²) in [7, 11) is 1.54. The third-order valence-electron chi connectivity index (χ3n) is 1.81. The van der Waals surface area contributed by atoms with Crippen LogP contribution in [0.2, 0.25) is 0 Å². The summed E-state index contributed by atoms with van der Waals surface area (Å²) in [6.45, 7) is 0.247. The van der Waals surface area contributed by atoms with Gasteiger partial charge in [0.25, 0.3) is 0 Å². The second-order valence-electron chi connectivity index (χ2n) is 2.73. The number of benzene rings is 1. The van der Waals surface area contributed by atoms with E-state index >= 15 is 0 Å². The van der Waals surface area contributed by atoms with Gasteiger partial charge in [-0.05, 0) is 12.1 Å². The molecule has 3 nitrogen and oxygen atoms in total. The molecule has 0 heterocycles. The normalized spacial score (nSPS) is 9.00. The van der Waals surface area contributed by atoms with E-state index < -0.39 is 0 Å². The Hall–Kier alpha value is -1.44. The van der Waals surface area contributed by atoms with Crippen LogP contribution in [0.5, 0.6) is 5.75 Å². The first-order valence-electron chi connectivity index (χ1n) is 4.28. The van der Waals surface area contributed by atoms with Gasteiger partial charge >= 0.3 is 0 Å². The zero-order chi connectivity index (χ0) is 11.3. The van der Waals surface area contributed by atoms with Crippen molar-refractivity contribution < 1.29 is 9.53 Å². The van der Waals surface area contributed by atoms with Crippen LogP contribution in [0, 0.1) is 11.8 Å². The molecule has 0 aliphatic rings. The predicted octanol–water partition coefficient (Wildman–Crippen LogP) is 1.11. The van der Waals surface area contributed by atoms with E-state index in [0.29, 0.717) is 21.8 Å². The lowest BCUT2D eigenvalue weighted by molar-refractivity contribution is 0.112. The van der Waals surface area contributed by atoms with E-state index in [0.717, 1.165) is 6.29 Å². The van der Waals surface area contributed by atoms with Gasteiger partial charge < -0.3 is 10.5 Å². The predicted molar refractivity (Wildman–Crippen MR) is 61.6 cm³/mol. The van der Waals surface area contributed by atoms with Gasteiger partial charge in [-0.25, -0.2) is 0 Å². The fourth-order valence-electron chi connectivity index (χ4n) is 1.10. The number of ether oxygens (including phenoxy) is 1. The van der Waals surface area contributed by atoms with E-state index in [2.05, 4.69) is 24.5 Å². The van der Waals surface area contributed by atoms with Gasteiger partial charge in [0.15, 0.2) is 6.29 Å². The van der Waals surface area contributed by atoms with Crippen LogP contribution in [0.4, 0.5) is 0 Å². The zero-order valence-electron chi connectivity index (χ0n) is 8.28. The molecule has 0 unspecified atom stereocenters. The summed E-state index contributed by atoms with van der Waals surface area (Å²) in [5.74, 6) is 6.11.